The highest BCUT2D eigenvalue weighted by atomic mass is 35.5. The zero-order valence-electron chi connectivity index (χ0n) is 23.8. The molecular weight excluding hydrogens is 572 g/mol. The van der Waals surface area contributed by atoms with Crippen molar-refractivity contribution in [2.45, 2.75) is 39.4 Å². The number of pyridine rings is 1. The van der Waals surface area contributed by atoms with E-state index in [-0.39, 0.29) is 23.8 Å². The lowest BCUT2D eigenvalue weighted by Crippen LogP contribution is -2.35. The number of ether oxygens (including phenoxy) is 2. The Labute approximate surface area is 253 Å². The smallest absolute Gasteiger partial charge is 0.410 e. The van der Waals surface area contributed by atoms with Gasteiger partial charge in [0.2, 0.25) is 0 Å². The Kier molecular flexibility index (Phi) is 8.59. The number of fused-ring (bicyclic) bond motifs is 1. The Morgan fingerprint density at radius 2 is 2.02 bits per heavy atom. The highest BCUT2D eigenvalue weighted by Gasteiger charge is 2.29. The normalized spacial score (nSPS) is 14.6. The van der Waals surface area contributed by atoms with Crippen molar-refractivity contribution < 1.29 is 19.2 Å². The summed E-state index contributed by atoms with van der Waals surface area (Å²) >= 11 is 6.46. The van der Waals surface area contributed by atoms with Crippen LogP contribution in [-0.2, 0) is 11.3 Å². The van der Waals surface area contributed by atoms with Crippen molar-refractivity contribution in [3.63, 3.8) is 0 Å². The highest BCUT2D eigenvalue weighted by molar-refractivity contribution is 6.32. The summed E-state index contributed by atoms with van der Waals surface area (Å²) in [5.41, 5.74) is 1.33. The number of carbonyl (C=O) groups excluding carboxylic acids is 1. The molecule has 0 saturated carbocycles. The molecule has 1 aliphatic heterocycles. The average Bonchev–Trinajstić information content (AvgIpc) is 3.44. The standard InChI is InChI=1S/C31H29ClN6O5/c1-31(2,3)43-30(39)37-13-11-20(17-37)7-8-21-14-26-24(16-27(21)38(40)41)29(35-19-34-26)36-22-9-10-28(25(32)15-22)42-18-23-6-4-5-12-33-23/h4-6,9-10,12,14-16,19-20H,11,13,17-18H2,1-3H3,(H,34,35,36)/t20-/m1/s1. The van der Waals surface area contributed by atoms with E-state index in [2.05, 4.69) is 32.1 Å². The number of anilines is 2. The number of rotatable bonds is 6. The van der Waals surface area contributed by atoms with Crippen molar-refractivity contribution in [1.29, 1.82) is 0 Å². The Morgan fingerprint density at radius 3 is 2.74 bits per heavy atom. The van der Waals surface area contributed by atoms with Gasteiger partial charge in [0.15, 0.2) is 0 Å². The Morgan fingerprint density at radius 1 is 1.19 bits per heavy atom. The van der Waals surface area contributed by atoms with Crippen LogP contribution in [0.2, 0.25) is 5.02 Å². The molecule has 2 aromatic heterocycles. The van der Waals surface area contributed by atoms with Crippen LogP contribution in [0.25, 0.3) is 10.9 Å². The minimum absolute atomic E-state index is 0.133. The van der Waals surface area contributed by atoms with Crippen LogP contribution in [0.15, 0.2) is 61.1 Å². The summed E-state index contributed by atoms with van der Waals surface area (Å²) in [5.74, 6) is 6.78. The van der Waals surface area contributed by atoms with E-state index in [1.807, 2.05) is 39.0 Å². The maximum Gasteiger partial charge on any atom is 0.410 e. The number of hydrogen-bond acceptors (Lipinski definition) is 9. The summed E-state index contributed by atoms with van der Waals surface area (Å²) in [7, 11) is 0. The molecule has 3 heterocycles. The number of halogens is 1. The fraction of sp³-hybridized carbons (Fsp3) is 0.290. The van der Waals surface area contributed by atoms with Crippen LogP contribution in [0.4, 0.5) is 22.0 Å². The van der Waals surface area contributed by atoms with Gasteiger partial charge in [-0.05, 0) is 63.6 Å². The van der Waals surface area contributed by atoms with E-state index in [1.165, 1.54) is 12.4 Å². The van der Waals surface area contributed by atoms with Crippen molar-refractivity contribution in [3.05, 3.63) is 87.4 Å². The van der Waals surface area contributed by atoms with Crippen LogP contribution >= 0.6 is 11.6 Å². The summed E-state index contributed by atoms with van der Waals surface area (Å²) in [6, 6.07) is 13.7. The second-order valence-corrected chi connectivity index (χ2v) is 11.3. The van der Waals surface area contributed by atoms with Gasteiger partial charge >= 0.3 is 6.09 Å². The molecule has 11 nitrogen and oxygen atoms in total. The third-order valence-corrected chi connectivity index (χ3v) is 6.79. The SMILES string of the molecule is CC(C)(C)OC(=O)N1CC[C@@H](C#Cc2cc3ncnc(Nc4ccc(OCc5ccccn5)c(Cl)c4)c3cc2[N+](=O)[O-])C1. The maximum atomic E-state index is 12.4. The number of hydrogen-bond donors (Lipinski definition) is 1. The third-order valence-electron chi connectivity index (χ3n) is 6.50. The van der Waals surface area contributed by atoms with E-state index < -0.39 is 16.6 Å². The molecule has 0 bridgehead atoms. The first-order valence-corrected chi connectivity index (χ1v) is 14.0. The summed E-state index contributed by atoms with van der Waals surface area (Å²) < 4.78 is 11.2. The molecule has 2 aromatic carbocycles. The minimum atomic E-state index is -0.591. The maximum absolute atomic E-state index is 12.4. The lowest BCUT2D eigenvalue weighted by molar-refractivity contribution is -0.385. The third kappa shape index (κ3) is 7.47. The number of benzene rings is 2. The lowest BCUT2D eigenvalue weighted by Gasteiger charge is -2.24. The van der Waals surface area contributed by atoms with Gasteiger partial charge in [-0.1, -0.05) is 29.5 Å². The fourth-order valence-corrected chi connectivity index (χ4v) is 4.70. The summed E-state index contributed by atoms with van der Waals surface area (Å²) in [6.45, 7) is 6.61. The number of nitro benzene ring substituents is 1. The minimum Gasteiger partial charge on any atom is -0.486 e. The van der Waals surface area contributed by atoms with E-state index in [9.17, 15) is 14.9 Å². The molecular formula is C31H29ClN6O5. The van der Waals surface area contributed by atoms with Crippen LogP contribution in [0.3, 0.4) is 0 Å². The lowest BCUT2D eigenvalue weighted by atomic mass is 10.1. The molecule has 220 valence electrons. The van der Waals surface area contributed by atoms with Crippen LogP contribution in [0, 0.1) is 27.9 Å². The van der Waals surface area contributed by atoms with Crippen LogP contribution in [-0.4, -0.2) is 49.6 Å². The first-order valence-electron chi connectivity index (χ1n) is 13.6. The zero-order chi connectivity index (χ0) is 30.6. The Hall–Kier alpha value is -4.95. The molecule has 1 amide bonds. The monoisotopic (exact) mass is 600 g/mol. The number of carbonyl (C=O) groups is 1. The Bertz CT molecular complexity index is 1730. The summed E-state index contributed by atoms with van der Waals surface area (Å²) in [4.78, 5) is 38.4. The van der Waals surface area contributed by atoms with Gasteiger partial charge in [0.1, 0.15) is 35.7 Å². The van der Waals surface area contributed by atoms with Gasteiger partial charge in [0, 0.05) is 42.3 Å². The molecule has 1 saturated heterocycles. The van der Waals surface area contributed by atoms with E-state index >= 15 is 0 Å². The van der Waals surface area contributed by atoms with Gasteiger partial charge in [0.05, 0.1) is 21.2 Å². The van der Waals surface area contributed by atoms with Crippen molar-refractivity contribution in [1.82, 2.24) is 19.9 Å². The number of likely N-dealkylation sites (tertiary alicyclic amines) is 1. The van der Waals surface area contributed by atoms with E-state index in [0.717, 1.165) is 5.69 Å². The number of nitro groups is 1. The average molecular weight is 601 g/mol. The predicted octanol–water partition coefficient (Wildman–Crippen LogP) is 6.52. The van der Waals surface area contributed by atoms with Crippen LogP contribution < -0.4 is 10.1 Å². The molecule has 1 fully saturated rings. The molecule has 0 spiro atoms. The number of nitrogens with one attached hydrogen (secondary N) is 1. The zero-order valence-corrected chi connectivity index (χ0v) is 24.6. The number of aromatic nitrogens is 3. The molecule has 1 N–H and O–H groups in total. The van der Waals surface area contributed by atoms with E-state index in [4.69, 9.17) is 21.1 Å². The van der Waals surface area contributed by atoms with Gasteiger partial charge in [0.25, 0.3) is 5.69 Å². The van der Waals surface area contributed by atoms with Crippen LogP contribution in [0.1, 0.15) is 38.4 Å². The quantitative estimate of drug-likeness (QED) is 0.149. The van der Waals surface area contributed by atoms with Gasteiger partial charge in [-0.25, -0.2) is 14.8 Å². The second-order valence-electron chi connectivity index (χ2n) is 10.9. The molecule has 1 atom stereocenters. The van der Waals surface area contributed by atoms with Crippen molar-refractivity contribution >= 4 is 45.8 Å². The Balaban J connectivity index is 1.34. The first-order chi connectivity index (χ1) is 20.6. The topological polar surface area (TPSA) is 133 Å². The van der Waals surface area contributed by atoms with Gasteiger partial charge in [-0.15, -0.1) is 0 Å². The van der Waals surface area contributed by atoms with Gasteiger partial charge in [-0.2, -0.15) is 0 Å². The summed E-state index contributed by atoms with van der Waals surface area (Å²) in [6.07, 6.45) is 3.32. The van der Waals surface area contributed by atoms with Gasteiger partial charge in [-0.3, -0.25) is 15.1 Å². The molecule has 43 heavy (non-hydrogen) atoms. The predicted molar refractivity (Wildman–Crippen MR) is 162 cm³/mol. The number of nitrogens with zero attached hydrogens (tertiary/aromatic N) is 5. The molecule has 1 aliphatic rings. The first kappa shape index (κ1) is 29.5. The van der Waals surface area contributed by atoms with Crippen molar-refractivity contribution in [3.8, 4) is 17.6 Å². The number of amides is 1. The second kappa shape index (κ2) is 12.5. The molecule has 4 aromatic rings. The van der Waals surface area contributed by atoms with E-state index in [1.54, 1.807) is 35.4 Å². The summed E-state index contributed by atoms with van der Waals surface area (Å²) in [5, 5.41) is 16.0. The molecule has 0 radical (unpaired) electrons. The molecule has 12 heteroatoms. The molecule has 0 unspecified atom stereocenters. The fourth-order valence-electron chi connectivity index (χ4n) is 4.46. The van der Waals surface area contributed by atoms with Crippen LogP contribution in [0.5, 0.6) is 5.75 Å². The molecule has 5 rings (SSSR count). The van der Waals surface area contributed by atoms with Gasteiger partial charge < -0.3 is 19.7 Å². The largest absolute Gasteiger partial charge is 0.486 e. The van der Waals surface area contributed by atoms with Crippen molar-refractivity contribution in [2.24, 2.45) is 5.92 Å². The van der Waals surface area contributed by atoms with E-state index in [0.29, 0.717) is 52.7 Å². The van der Waals surface area contributed by atoms with Crippen molar-refractivity contribution in [2.75, 3.05) is 18.4 Å². The molecule has 0 aliphatic carbocycles. The highest BCUT2D eigenvalue weighted by Crippen LogP contribution is 2.33.